The number of carbonyl (C=O) groups excluding carboxylic acids is 1. The number of halogens is 6. The Kier molecular flexibility index (Phi) is 4.93. The monoisotopic (exact) mass is 399 g/mol. The first kappa shape index (κ1) is 19.3. The van der Waals surface area contributed by atoms with Crippen LogP contribution in [0.15, 0.2) is 18.2 Å². The topological polar surface area (TPSA) is 29.5 Å². The number of nitrogens with zero attached hydrogens (tertiary/aromatic N) is 1. The molecule has 2 aliphatic rings. The molecule has 0 atom stereocenters. The van der Waals surface area contributed by atoms with Crippen LogP contribution in [-0.2, 0) is 17.1 Å². The van der Waals surface area contributed by atoms with Crippen LogP contribution in [0.4, 0.5) is 26.3 Å². The highest BCUT2D eigenvalue weighted by atomic mass is 32.2. The second-order valence-corrected chi connectivity index (χ2v) is 7.64. The van der Waals surface area contributed by atoms with Crippen LogP contribution in [0.5, 0.6) is 0 Å². The minimum Gasteiger partial charge on any atom is -0.363 e. The summed E-state index contributed by atoms with van der Waals surface area (Å²) in [4.78, 5) is 13.4. The zero-order valence-electron chi connectivity index (χ0n) is 13.4. The van der Waals surface area contributed by atoms with Crippen LogP contribution < -0.4 is 0 Å². The molecule has 1 aromatic carbocycles. The fraction of sp³-hybridized carbons (Fsp3) is 0.562. The molecule has 2 saturated heterocycles. The van der Waals surface area contributed by atoms with E-state index in [2.05, 4.69) is 0 Å². The Hall–Kier alpha value is -1.42. The number of carbonyl (C=O) groups is 1. The number of hydrogen-bond acceptors (Lipinski definition) is 3. The summed E-state index contributed by atoms with van der Waals surface area (Å²) < 4.78 is 83.3. The van der Waals surface area contributed by atoms with Gasteiger partial charge in [-0.15, -0.1) is 11.8 Å². The lowest BCUT2D eigenvalue weighted by Crippen LogP contribution is -2.45. The summed E-state index contributed by atoms with van der Waals surface area (Å²) in [5.41, 5.74) is -3.58. The molecule has 0 bridgehead atoms. The van der Waals surface area contributed by atoms with Crippen molar-refractivity contribution in [3.05, 3.63) is 34.9 Å². The number of hydrogen-bond donors (Lipinski definition) is 0. The van der Waals surface area contributed by atoms with Gasteiger partial charge in [0.1, 0.15) is 4.93 Å². The minimum atomic E-state index is -4.98. The number of thioether (sulfide) groups is 1. The van der Waals surface area contributed by atoms with Crippen molar-refractivity contribution in [2.45, 2.75) is 30.1 Å². The molecule has 0 aliphatic carbocycles. The van der Waals surface area contributed by atoms with E-state index in [0.29, 0.717) is 31.6 Å². The summed E-state index contributed by atoms with van der Waals surface area (Å²) in [5.74, 6) is -0.00397. The molecule has 0 aromatic heterocycles. The van der Waals surface area contributed by atoms with Crippen molar-refractivity contribution in [2.75, 3.05) is 25.4 Å². The average Bonchev–Trinajstić information content (AvgIpc) is 3.01. The molecule has 3 nitrogen and oxygen atoms in total. The summed E-state index contributed by atoms with van der Waals surface area (Å²) in [7, 11) is 0. The molecule has 144 valence electrons. The van der Waals surface area contributed by atoms with Gasteiger partial charge in [-0.25, -0.2) is 0 Å². The van der Waals surface area contributed by atoms with E-state index in [9.17, 15) is 31.1 Å². The van der Waals surface area contributed by atoms with Crippen molar-refractivity contribution in [3.8, 4) is 0 Å². The van der Waals surface area contributed by atoms with E-state index in [0.717, 1.165) is 5.75 Å². The molecule has 0 radical (unpaired) electrons. The van der Waals surface area contributed by atoms with Crippen LogP contribution in [0.2, 0.25) is 0 Å². The number of alkyl halides is 6. The van der Waals surface area contributed by atoms with Gasteiger partial charge in [0.05, 0.1) is 17.7 Å². The molecule has 1 spiro atoms. The fourth-order valence-electron chi connectivity index (χ4n) is 3.10. The first-order chi connectivity index (χ1) is 12.0. The Morgan fingerprint density at radius 3 is 1.96 bits per heavy atom. The fourth-order valence-corrected chi connectivity index (χ4v) is 4.27. The Morgan fingerprint density at radius 2 is 1.54 bits per heavy atom. The third-order valence-electron chi connectivity index (χ3n) is 4.46. The number of likely N-dealkylation sites (tertiary alicyclic amines) is 1. The van der Waals surface area contributed by atoms with Crippen LogP contribution in [0.3, 0.4) is 0 Å². The van der Waals surface area contributed by atoms with E-state index in [1.165, 1.54) is 4.90 Å². The minimum absolute atomic E-state index is 0.0188. The van der Waals surface area contributed by atoms with Crippen molar-refractivity contribution >= 4 is 17.7 Å². The predicted octanol–water partition coefficient (Wildman–Crippen LogP) is 4.42. The third kappa shape index (κ3) is 3.95. The highest BCUT2D eigenvalue weighted by Crippen LogP contribution is 2.42. The summed E-state index contributed by atoms with van der Waals surface area (Å²) >= 11 is 1.63. The van der Waals surface area contributed by atoms with Crippen LogP contribution >= 0.6 is 11.8 Å². The summed E-state index contributed by atoms with van der Waals surface area (Å²) in [6, 6.07) is 0.969. The molecule has 1 amide bonds. The number of ether oxygens (including phenoxy) is 1. The standard InChI is InChI=1S/C16H15F6NO2S/c17-15(18,19)11-7-10(8-12(9-11)16(20,21)22)13(24)23-3-1-14(2-4-23)25-5-6-26-14/h7-9H,1-6H2. The van der Waals surface area contributed by atoms with Gasteiger partial charge in [0, 0.05) is 37.2 Å². The molecule has 3 rings (SSSR count). The second kappa shape index (κ2) is 6.63. The van der Waals surface area contributed by atoms with Gasteiger partial charge >= 0.3 is 12.4 Å². The van der Waals surface area contributed by atoms with E-state index in [4.69, 9.17) is 4.74 Å². The summed E-state index contributed by atoms with van der Waals surface area (Å²) in [5, 5.41) is 0. The van der Waals surface area contributed by atoms with E-state index >= 15 is 0 Å². The number of benzene rings is 1. The quantitative estimate of drug-likeness (QED) is 0.655. The van der Waals surface area contributed by atoms with Gasteiger partial charge in [-0.2, -0.15) is 26.3 Å². The summed E-state index contributed by atoms with van der Waals surface area (Å²) in [6.07, 6.45) is -8.96. The largest absolute Gasteiger partial charge is 0.416 e. The number of amides is 1. The van der Waals surface area contributed by atoms with Crippen molar-refractivity contribution in [1.82, 2.24) is 4.90 Å². The van der Waals surface area contributed by atoms with Crippen molar-refractivity contribution in [1.29, 1.82) is 0 Å². The third-order valence-corrected chi connectivity index (χ3v) is 5.88. The number of rotatable bonds is 1. The van der Waals surface area contributed by atoms with Gasteiger partial charge in [0.2, 0.25) is 0 Å². The van der Waals surface area contributed by atoms with E-state index in [-0.39, 0.29) is 24.1 Å². The molecular formula is C16H15F6NO2S. The van der Waals surface area contributed by atoms with E-state index < -0.39 is 35.0 Å². The lowest BCUT2D eigenvalue weighted by atomic mass is 10.0. The maximum Gasteiger partial charge on any atom is 0.416 e. The lowest BCUT2D eigenvalue weighted by Gasteiger charge is -2.38. The maximum atomic E-state index is 12.9. The van der Waals surface area contributed by atoms with Crippen LogP contribution in [-0.4, -0.2) is 41.2 Å². The molecule has 2 fully saturated rings. The smallest absolute Gasteiger partial charge is 0.363 e. The first-order valence-electron chi connectivity index (χ1n) is 7.87. The highest BCUT2D eigenvalue weighted by Gasteiger charge is 2.41. The SMILES string of the molecule is O=C(c1cc(C(F)(F)F)cc(C(F)(F)F)c1)N1CCC2(CC1)OCCS2. The van der Waals surface area contributed by atoms with Crippen LogP contribution in [0, 0.1) is 0 Å². The van der Waals surface area contributed by atoms with E-state index in [1.807, 2.05) is 0 Å². The molecule has 26 heavy (non-hydrogen) atoms. The molecule has 0 unspecified atom stereocenters. The molecule has 2 aliphatic heterocycles. The normalized spacial score (nSPS) is 20.6. The van der Waals surface area contributed by atoms with Crippen molar-refractivity contribution in [2.24, 2.45) is 0 Å². The molecule has 2 heterocycles. The number of piperidine rings is 1. The Morgan fingerprint density at radius 1 is 1.00 bits per heavy atom. The molecular weight excluding hydrogens is 384 g/mol. The predicted molar refractivity (Wildman–Crippen MR) is 82.7 cm³/mol. The highest BCUT2D eigenvalue weighted by molar-refractivity contribution is 8.00. The summed E-state index contributed by atoms with van der Waals surface area (Å²) in [6.45, 7) is 1.05. The van der Waals surface area contributed by atoms with E-state index in [1.54, 1.807) is 11.8 Å². The second-order valence-electron chi connectivity index (χ2n) is 6.19. The maximum absolute atomic E-state index is 12.9. The van der Waals surface area contributed by atoms with Crippen LogP contribution in [0.1, 0.15) is 34.3 Å². The average molecular weight is 399 g/mol. The lowest BCUT2D eigenvalue weighted by molar-refractivity contribution is -0.143. The zero-order valence-corrected chi connectivity index (χ0v) is 14.2. The van der Waals surface area contributed by atoms with Gasteiger partial charge in [0.25, 0.3) is 5.91 Å². The van der Waals surface area contributed by atoms with Crippen molar-refractivity contribution < 1.29 is 35.9 Å². The van der Waals surface area contributed by atoms with Gasteiger partial charge in [0.15, 0.2) is 0 Å². The zero-order chi connectivity index (χ0) is 19.2. The first-order valence-corrected chi connectivity index (χ1v) is 8.85. The van der Waals surface area contributed by atoms with Gasteiger partial charge < -0.3 is 9.64 Å². The Balaban J connectivity index is 1.85. The molecule has 1 aromatic rings. The molecule has 10 heteroatoms. The van der Waals surface area contributed by atoms with Gasteiger partial charge in [-0.05, 0) is 18.2 Å². The van der Waals surface area contributed by atoms with Gasteiger partial charge in [-0.3, -0.25) is 4.79 Å². The molecule has 0 saturated carbocycles. The van der Waals surface area contributed by atoms with Gasteiger partial charge in [-0.1, -0.05) is 0 Å². The van der Waals surface area contributed by atoms with Crippen molar-refractivity contribution in [3.63, 3.8) is 0 Å². The van der Waals surface area contributed by atoms with Crippen LogP contribution in [0.25, 0.3) is 0 Å². The molecule has 0 N–H and O–H groups in total. The Labute approximate surface area is 149 Å². The Bertz CT molecular complexity index is 655.